The van der Waals surface area contributed by atoms with Crippen LogP contribution in [-0.4, -0.2) is 31.7 Å². The third-order valence-corrected chi connectivity index (χ3v) is 2.80. The highest BCUT2D eigenvalue weighted by Crippen LogP contribution is 2.20. The number of hydrogen-bond donors (Lipinski definition) is 0. The van der Waals surface area contributed by atoms with Crippen molar-refractivity contribution in [2.45, 2.75) is 0 Å². The van der Waals surface area contributed by atoms with Gasteiger partial charge in [-0.15, -0.1) is 9.28 Å². The smallest absolute Gasteiger partial charge is 0.267 e. The van der Waals surface area contributed by atoms with E-state index in [4.69, 9.17) is 0 Å². The lowest BCUT2D eigenvalue weighted by molar-refractivity contribution is -0.115. The van der Waals surface area contributed by atoms with E-state index in [1.807, 2.05) is 0 Å². The van der Waals surface area contributed by atoms with Gasteiger partial charge >= 0.3 is 0 Å². The zero-order valence-electron chi connectivity index (χ0n) is 6.99. The lowest BCUT2D eigenvalue weighted by atomic mass is 10.6. The fraction of sp³-hybridized carbons (Fsp3) is 0.143. The van der Waals surface area contributed by atoms with Gasteiger partial charge < -0.3 is 0 Å². The molecule has 0 aromatic rings. The van der Waals surface area contributed by atoms with Crippen molar-refractivity contribution in [2.24, 2.45) is 0 Å². The molecule has 0 aliphatic carbocycles. The molecule has 0 radical (unpaired) electrons. The standard InChI is InChI=1S/C7H5N5OS/c13-5-2-1-3-11(5)12-10-6-7(14-12)9-4-8-6/h1-2,4H,3H2. The quantitative estimate of drug-likeness (QED) is 0.653. The first-order valence-corrected chi connectivity index (χ1v) is 4.77. The lowest BCUT2D eigenvalue weighted by Crippen LogP contribution is -2.35. The highest BCUT2D eigenvalue weighted by Gasteiger charge is 2.21. The number of hydrogen-bond acceptors (Lipinski definition) is 5. The van der Waals surface area contributed by atoms with E-state index >= 15 is 0 Å². The second-order valence-electron chi connectivity index (χ2n) is 2.77. The molecule has 0 aromatic carbocycles. The SMILES string of the molecule is O=C1C=CCN1n1nc2ncnc-2s1. The largest absolute Gasteiger partial charge is 0.268 e. The molecule has 0 spiro atoms. The minimum Gasteiger partial charge on any atom is -0.268 e. The minimum atomic E-state index is -0.0635. The predicted octanol–water partition coefficient (Wildman–Crippen LogP) is -0.126. The molecule has 3 aliphatic rings. The van der Waals surface area contributed by atoms with E-state index in [2.05, 4.69) is 15.1 Å². The fourth-order valence-electron chi connectivity index (χ4n) is 1.25. The highest BCUT2D eigenvalue weighted by molar-refractivity contribution is 7.09. The first kappa shape index (κ1) is 7.63. The molecule has 0 fully saturated rings. The van der Waals surface area contributed by atoms with Crippen molar-refractivity contribution in [3.05, 3.63) is 18.5 Å². The molecule has 7 heteroatoms. The summed E-state index contributed by atoms with van der Waals surface area (Å²) in [4.78, 5) is 19.3. The van der Waals surface area contributed by atoms with Gasteiger partial charge in [-0.3, -0.25) is 4.79 Å². The number of carbonyl (C=O) groups excluding carboxylic acids is 1. The van der Waals surface area contributed by atoms with Gasteiger partial charge in [0.15, 0.2) is 5.01 Å². The van der Waals surface area contributed by atoms with E-state index in [9.17, 15) is 4.79 Å². The van der Waals surface area contributed by atoms with Crippen LogP contribution in [0.4, 0.5) is 0 Å². The van der Waals surface area contributed by atoms with Crippen molar-refractivity contribution >= 4 is 17.4 Å². The van der Waals surface area contributed by atoms with Gasteiger partial charge in [-0.1, -0.05) is 6.08 Å². The first-order valence-electron chi connectivity index (χ1n) is 4.00. The molecule has 0 atom stereocenters. The third kappa shape index (κ3) is 0.956. The molecule has 0 aromatic heterocycles. The Morgan fingerprint density at radius 2 is 2.36 bits per heavy atom. The highest BCUT2D eigenvalue weighted by atomic mass is 32.1. The van der Waals surface area contributed by atoms with Crippen LogP contribution in [0.3, 0.4) is 0 Å². The summed E-state index contributed by atoms with van der Waals surface area (Å²) in [7, 11) is 0. The molecule has 3 rings (SSSR count). The topological polar surface area (TPSA) is 63.9 Å². The molecule has 0 unspecified atom stereocenters. The first-order chi connectivity index (χ1) is 6.84. The van der Waals surface area contributed by atoms with Crippen LogP contribution in [0.25, 0.3) is 10.8 Å². The Bertz CT molecular complexity index is 461. The summed E-state index contributed by atoms with van der Waals surface area (Å²) >= 11 is 1.30. The number of imidazole rings is 1. The molecule has 0 saturated carbocycles. The molecule has 0 saturated heterocycles. The number of carbonyl (C=O) groups is 1. The second-order valence-corrected chi connectivity index (χ2v) is 3.67. The normalized spacial score (nSPS) is 16.0. The van der Waals surface area contributed by atoms with E-state index < -0.39 is 0 Å². The molecule has 14 heavy (non-hydrogen) atoms. The molecule has 3 heterocycles. The third-order valence-electron chi connectivity index (χ3n) is 1.89. The summed E-state index contributed by atoms with van der Waals surface area (Å²) in [6.07, 6.45) is 4.78. The summed E-state index contributed by atoms with van der Waals surface area (Å²) < 4.78 is 1.52. The Hall–Kier alpha value is -1.76. The number of amides is 1. The second kappa shape index (κ2) is 2.61. The average molecular weight is 207 g/mol. The number of fused-ring (bicyclic) bond motifs is 1. The number of rotatable bonds is 1. The Balaban J connectivity index is 2.03. The predicted molar refractivity (Wildman–Crippen MR) is 49.5 cm³/mol. The maximum Gasteiger partial charge on any atom is 0.267 e. The van der Waals surface area contributed by atoms with E-state index in [1.54, 1.807) is 6.08 Å². The van der Waals surface area contributed by atoms with Gasteiger partial charge in [0.25, 0.3) is 5.91 Å². The Morgan fingerprint density at radius 3 is 3.07 bits per heavy atom. The molecular formula is C7H5N5OS. The molecule has 0 bridgehead atoms. The summed E-state index contributed by atoms with van der Waals surface area (Å²) in [5.41, 5.74) is 0. The number of nitrogens with zero attached hydrogens (tertiary/aromatic N) is 5. The minimum absolute atomic E-state index is 0.0635. The van der Waals surface area contributed by atoms with Gasteiger partial charge in [0, 0.05) is 17.6 Å². The van der Waals surface area contributed by atoms with E-state index in [0.717, 1.165) is 5.01 Å². The van der Waals surface area contributed by atoms with Gasteiger partial charge in [-0.2, -0.15) is 0 Å². The summed E-state index contributed by atoms with van der Waals surface area (Å²) in [5, 5.41) is 6.39. The fourth-order valence-corrected chi connectivity index (χ4v) is 2.04. The molecule has 1 amide bonds. The van der Waals surface area contributed by atoms with Crippen molar-refractivity contribution in [3.63, 3.8) is 0 Å². The zero-order chi connectivity index (χ0) is 9.54. The maximum atomic E-state index is 11.3. The van der Waals surface area contributed by atoms with Gasteiger partial charge in [0.05, 0.1) is 6.54 Å². The molecule has 3 aliphatic heterocycles. The lowest BCUT2D eigenvalue weighted by Gasteiger charge is -2.12. The van der Waals surface area contributed by atoms with Crippen molar-refractivity contribution < 1.29 is 4.79 Å². The van der Waals surface area contributed by atoms with Crippen LogP contribution >= 0.6 is 11.5 Å². The zero-order valence-corrected chi connectivity index (χ0v) is 7.81. The average Bonchev–Trinajstić information content (AvgIpc) is 2.75. The van der Waals surface area contributed by atoms with Crippen molar-refractivity contribution in [1.82, 2.24) is 19.2 Å². The molecule has 70 valence electrons. The van der Waals surface area contributed by atoms with Crippen LogP contribution in [0.5, 0.6) is 0 Å². The van der Waals surface area contributed by atoms with Crippen LogP contribution < -0.4 is 5.01 Å². The Morgan fingerprint density at radius 1 is 1.43 bits per heavy atom. The Labute approximate surface area is 83.0 Å². The van der Waals surface area contributed by atoms with Gasteiger partial charge in [-0.25, -0.2) is 15.0 Å². The van der Waals surface area contributed by atoms with E-state index in [1.165, 1.54) is 33.1 Å². The van der Waals surface area contributed by atoms with Crippen molar-refractivity contribution in [3.8, 4) is 10.8 Å². The van der Waals surface area contributed by atoms with Gasteiger partial charge in [-0.05, 0) is 0 Å². The van der Waals surface area contributed by atoms with Crippen LogP contribution in [-0.2, 0) is 4.79 Å². The van der Waals surface area contributed by atoms with Crippen LogP contribution in [0.2, 0.25) is 0 Å². The number of aromatic nitrogens is 4. The Kier molecular flexibility index (Phi) is 1.42. The molecule has 0 N–H and O–H groups in total. The molecular weight excluding hydrogens is 202 g/mol. The van der Waals surface area contributed by atoms with E-state index in [-0.39, 0.29) is 5.91 Å². The van der Waals surface area contributed by atoms with E-state index in [0.29, 0.717) is 12.4 Å². The maximum absolute atomic E-state index is 11.3. The van der Waals surface area contributed by atoms with Crippen LogP contribution in [0.1, 0.15) is 0 Å². The monoisotopic (exact) mass is 207 g/mol. The van der Waals surface area contributed by atoms with Crippen LogP contribution in [0.15, 0.2) is 18.5 Å². The summed E-state index contributed by atoms with van der Waals surface area (Å²) in [6.45, 7) is 0.555. The van der Waals surface area contributed by atoms with Crippen molar-refractivity contribution in [1.29, 1.82) is 0 Å². The van der Waals surface area contributed by atoms with Gasteiger partial charge in [0.2, 0.25) is 5.82 Å². The summed E-state index contributed by atoms with van der Waals surface area (Å²) in [5.74, 6) is 0.515. The van der Waals surface area contributed by atoms with Gasteiger partial charge in [0.1, 0.15) is 6.33 Å². The van der Waals surface area contributed by atoms with Crippen molar-refractivity contribution in [2.75, 3.05) is 11.6 Å². The van der Waals surface area contributed by atoms with Crippen LogP contribution in [0, 0.1) is 0 Å². The summed E-state index contributed by atoms with van der Waals surface area (Å²) in [6, 6.07) is 0. The molecule has 6 nitrogen and oxygen atoms in total.